The van der Waals surface area contributed by atoms with Crippen molar-refractivity contribution in [1.82, 2.24) is 19.4 Å². The predicted octanol–water partition coefficient (Wildman–Crippen LogP) is 3.53. The number of benzene rings is 1. The van der Waals surface area contributed by atoms with Crippen LogP contribution in [0.3, 0.4) is 0 Å². The highest BCUT2D eigenvalue weighted by Crippen LogP contribution is 2.23. The Morgan fingerprint density at radius 2 is 2.08 bits per heavy atom. The molecule has 1 aromatic heterocycles. The SMILES string of the molecule is CCN(C(=O)[C@@H]1CCCN(Cc2nc3ccccc3n2CC)C1)C(C)C. The first kappa shape index (κ1) is 18.9. The molecule has 1 aliphatic heterocycles. The Morgan fingerprint density at radius 1 is 1.31 bits per heavy atom. The Balaban J connectivity index is 1.74. The summed E-state index contributed by atoms with van der Waals surface area (Å²) in [5.41, 5.74) is 2.26. The molecular formula is C21H32N4O. The number of aromatic nitrogens is 2. The van der Waals surface area contributed by atoms with Gasteiger partial charge >= 0.3 is 0 Å². The molecule has 142 valence electrons. The molecule has 0 unspecified atom stereocenters. The van der Waals surface area contributed by atoms with Gasteiger partial charge in [0.1, 0.15) is 5.82 Å². The first-order valence-corrected chi connectivity index (χ1v) is 10.0. The lowest BCUT2D eigenvalue weighted by molar-refractivity contribution is -0.139. The highest BCUT2D eigenvalue weighted by molar-refractivity contribution is 5.79. The molecule has 1 aromatic carbocycles. The maximum absolute atomic E-state index is 12.9. The number of amides is 1. The lowest BCUT2D eigenvalue weighted by atomic mass is 9.96. The van der Waals surface area contributed by atoms with Gasteiger partial charge in [-0.15, -0.1) is 0 Å². The average molecular weight is 357 g/mol. The molecule has 1 atom stereocenters. The standard InChI is InChI=1S/C21H32N4O/c1-5-24(16(3)4)21(26)17-10-9-13-23(14-17)15-20-22-18-11-7-8-12-19(18)25(20)6-2/h7-8,11-12,16-17H,5-6,9-10,13-15H2,1-4H3/t17-/m1/s1. The summed E-state index contributed by atoms with van der Waals surface area (Å²) < 4.78 is 2.30. The van der Waals surface area contributed by atoms with Crippen LogP contribution < -0.4 is 0 Å². The Morgan fingerprint density at radius 3 is 2.77 bits per heavy atom. The average Bonchev–Trinajstić information content (AvgIpc) is 2.99. The molecule has 0 spiro atoms. The highest BCUT2D eigenvalue weighted by Gasteiger charge is 2.30. The van der Waals surface area contributed by atoms with Crippen LogP contribution in [0, 0.1) is 5.92 Å². The zero-order valence-corrected chi connectivity index (χ0v) is 16.6. The molecule has 1 fully saturated rings. The van der Waals surface area contributed by atoms with Crippen LogP contribution in [-0.4, -0.2) is 50.9 Å². The minimum atomic E-state index is 0.116. The van der Waals surface area contributed by atoms with Gasteiger partial charge in [0.05, 0.1) is 23.5 Å². The summed E-state index contributed by atoms with van der Waals surface area (Å²) in [4.78, 5) is 22.2. The molecule has 1 aliphatic rings. The van der Waals surface area contributed by atoms with Gasteiger partial charge in [0.2, 0.25) is 5.91 Å². The van der Waals surface area contributed by atoms with E-state index in [9.17, 15) is 4.79 Å². The van der Waals surface area contributed by atoms with Crippen LogP contribution in [0.5, 0.6) is 0 Å². The van der Waals surface area contributed by atoms with E-state index in [1.807, 2.05) is 11.0 Å². The Hall–Kier alpha value is -1.88. The lowest BCUT2D eigenvalue weighted by Gasteiger charge is -2.36. The third-order valence-electron chi connectivity index (χ3n) is 5.52. The summed E-state index contributed by atoms with van der Waals surface area (Å²) in [7, 11) is 0. The monoisotopic (exact) mass is 356 g/mol. The van der Waals surface area contributed by atoms with Crippen LogP contribution >= 0.6 is 0 Å². The maximum atomic E-state index is 12.9. The van der Waals surface area contributed by atoms with Crippen molar-refractivity contribution in [3.8, 4) is 0 Å². The molecular weight excluding hydrogens is 324 g/mol. The van der Waals surface area contributed by atoms with Gasteiger partial charge in [0.15, 0.2) is 0 Å². The van der Waals surface area contributed by atoms with Crippen molar-refractivity contribution in [1.29, 1.82) is 0 Å². The van der Waals surface area contributed by atoms with Gasteiger partial charge in [-0.25, -0.2) is 4.98 Å². The van der Waals surface area contributed by atoms with Crippen molar-refractivity contribution in [2.24, 2.45) is 5.92 Å². The van der Waals surface area contributed by atoms with E-state index in [0.717, 1.165) is 56.9 Å². The summed E-state index contributed by atoms with van der Waals surface area (Å²) in [6.45, 7) is 12.9. The Bertz CT molecular complexity index is 752. The van der Waals surface area contributed by atoms with Crippen LogP contribution in [0.25, 0.3) is 11.0 Å². The number of rotatable bonds is 6. The molecule has 5 heteroatoms. The van der Waals surface area contributed by atoms with Gasteiger partial charge in [-0.1, -0.05) is 12.1 Å². The number of nitrogens with zero attached hydrogens (tertiary/aromatic N) is 4. The third kappa shape index (κ3) is 3.78. The zero-order valence-electron chi connectivity index (χ0n) is 16.6. The molecule has 0 saturated carbocycles. The van der Waals surface area contributed by atoms with Crippen molar-refractivity contribution in [2.75, 3.05) is 19.6 Å². The molecule has 0 bridgehead atoms. The fourth-order valence-electron chi connectivity index (χ4n) is 4.21. The van der Waals surface area contributed by atoms with E-state index in [1.165, 1.54) is 5.52 Å². The number of imidazole rings is 1. The van der Waals surface area contributed by atoms with Crippen LogP contribution in [-0.2, 0) is 17.9 Å². The second-order valence-electron chi connectivity index (χ2n) is 7.55. The van der Waals surface area contributed by atoms with Gasteiger partial charge in [0.25, 0.3) is 0 Å². The lowest BCUT2D eigenvalue weighted by Crippen LogP contribution is -2.47. The van der Waals surface area contributed by atoms with Gasteiger partial charge in [-0.05, 0) is 59.2 Å². The van der Waals surface area contributed by atoms with Crippen molar-refractivity contribution < 1.29 is 4.79 Å². The number of carbonyl (C=O) groups is 1. The van der Waals surface area contributed by atoms with Crippen LogP contribution in [0.15, 0.2) is 24.3 Å². The van der Waals surface area contributed by atoms with Crippen molar-refractivity contribution in [3.05, 3.63) is 30.1 Å². The molecule has 1 saturated heterocycles. The Kier molecular flexibility index (Phi) is 5.97. The molecule has 2 aromatic rings. The van der Waals surface area contributed by atoms with E-state index >= 15 is 0 Å². The molecule has 2 heterocycles. The summed E-state index contributed by atoms with van der Waals surface area (Å²) in [5.74, 6) is 1.54. The minimum absolute atomic E-state index is 0.116. The van der Waals surface area contributed by atoms with E-state index < -0.39 is 0 Å². The fraction of sp³-hybridized carbons (Fsp3) is 0.619. The largest absolute Gasteiger partial charge is 0.340 e. The van der Waals surface area contributed by atoms with Gasteiger partial charge in [0, 0.05) is 25.7 Å². The maximum Gasteiger partial charge on any atom is 0.227 e. The third-order valence-corrected chi connectivity index (χ3v) is 5.52. The van der Waals surface area contributed by atoms with E-state index in [-0.39, 0.29) is 12.0 Å². The molecule has 5 nitrogen and oxygen atoms in total. The van der Waals surface area contributed by atoms with Crippen molar-refractivity contribution >= 4 is 16.9 Å². The zero-order chi connectivity index (χ0) is 18.7. The Labute approximate surface area is 157 Å². The number of likely N-dealkylation sites (tertiary alicyclic amines) is 1. The van der Waals surface area contributed by atoms with Crippen LogP contribution in [0.4, 0.5) is 0 Å². The second kappa shape index (κ2) is 8.21. The minimum Gasteiger partial charge on any atom is -0.340 e. The molecule has 1 amide bonds. The first-order chi connectivity index (χ1) is 12.5. The van der Waals surface area contributed by atoms with E-state index in [4.69, 9.17) is 4.98 Å². The molecule has 3 rings (SSSR count). The predicted molar refractivity (Wildman–Crippen MR) is 106 cm³/mol. The van der Waals surface area contributed by atoms with E-state index in [2.05, 4.69) is 55.4 Å². The smallest absolute Gasteiger partial charge is 0.227 e. The highest BCUT2D eigenvalue weighted by atomic mass is 16.2. The van der Waals surface area contributed by atoms with Gasteiger partial charge in [-0.3, -0.25) is 9.69 Å². The quantitative estimate of drug-likeness (QED) is 0.795. The number of aryl methyl sites for hydroxylation is 1. The summed E-state index contributed by atoms with van der Waals surface area (Å²) >= 11 is 0. The summed E-state index contributed by atoms with van der Waals surface area (Å²) in [6.07, 6.45) is 2.08. The van der Waals surface area contributed by atoms with E-state index in [0.29, 0.717) is 5.91 Å². The second-order valence-corrected chi connectivity index (χ2v) is 7.55. The first-order valence-electron chi connectivity index (χ1n) is 10.0. The van der Waals surface area contributed by atoms with Crippen LogP contribution in [0.2, 0.25) is 0 Å². The van der Waals surface area contributed by atoms with Crippen molar-refractivity contribution in [3.63, 3.8) is 0 Å². The number of carbonyl (C=O) groups excluding carboxylic acids is 1. The molecule has 26 heavy (non-hydrogen) atoms. The van der Waals surface area contributed by atoms with Crippen LogP contribution in [0.1, 0.15) is 46.4 Å². The fourth-order valence-corrected chi connectivity index (χ4v) is 4.21. The van der Waals surface area contributed by atoms with Crippen molar-refractivity contribution in [2.45, 2.75) is 59.7 Å². The topological polar surface area (TPSA) is 41.4 Å². The van der Waals surface area contributed by atoms with E-state index in [1.54, 1.807) is 0 Å². The van der Waals surface area contributed by atoms with Gasteiger partial charge < -0.3 is 9.47 Å². The number of fused-ring (bicyclic) bond motifs is 1. The molecule has 0 aliphatic carbocycles. The normalized spacial score (nSPS) is 18.6. The summed E-state index contributed by atoms with van der Waals surface area (Å²) in [6, 6.07) is 8.60. The number of hydrogen-bond acceptors (Lipinski definition) is 3. The van der Waals surface area contributed by atoms with Gasteiger partial charge in [-0.2, -0.15) is 0 Å². The molecule has 0 N–H and O–H groups in total. The summed E-state index contributed by atoms with van der Waals surface area (Å²) in [5, 5.41) is 0. The molecule has 0 radical (unpaired) electrons. The number of para-hydroxylation sites is 2. The number of piperidine rings is 1. The number of hydrogen-bond donors (Lipinski definition) is 0.